The Balaban J connectivity index is 0.00000192. The predicted octanol–water partition coefficient (Wildman–Crippen LogP) is 1.29. The average Bonchev–Trinajstić information content (AvgIpc) is 3.11. The minimum absolute atomic E-state index is 0. The van der Waals surface area contributed by atoms with Crippen molar-refractivity contribution in [2.45, 2.75) is 44.4 Å². The lowest BCUT2D eigenvalue weighted by molar-refractivity contribution is -0.132. The molecular formula is C16H22ClN3O3. The summed E-state index contributed by atoms with van der Waals surface area (Å²) >= 11 is 0. The highest BCUT2D eigenvalue weighted by atomic mass is 35.5. The molecule has 1 aromatic carbocycles. The standard InChI is InChI=1S/C16H21N3O3.ClH/c1-9(18-16(21)14-5-3-12(8-17)22-14)10-2-4-13-11(6-10)7-15(20)19-13;/h2,4,6,9,12,14H,3,5,7-8,17H2,1H3,(H,18,21)(H,19,20);1H/t9?,12-,14+;/m1./s1. The van der Waals surface area contributed by atoms with Crippen molar-refractivity contribution >= 4 is 29.9 Å². The molecule has 0 spiro atoms. The van der Waals surface area contributed by atoms with E-state index in [0.29, 0.717) is 19.4 Å². The molecular weight excluding hydrogens is 318 g/mol. The first-order valence-electron chi connectivity index (χ1n) is 7.65. The fraction of sp³-hybridized carbons (Fsp3) is 0.500. The van der Waals surface area contributed by atoms with Crippen LogP contribution in [0.3, 0.4) is 0 Å². The van der Waals surface area contributed by atoms with E-state index in [4.69, 9.17) is 10.5 Å². The maximum Gasteiger partial charge on any atom is 0.249 e. The smallest absolute Gasteiger partial charge is 0.249 e. The lowest BCUT2D eigenvalue weighted by Gasteiger charge is -2.18. The number of hydrogen-bond acceptors (Lipinski definition) is 4. The molecule has 1 unspecified atom stereocenters. The summed E-state index contributed by atoms with van der Waals surface area (Å²) in [6, 6.07) is 5.65. The molecule has 1 saturated heterocycles. The Morgan fingerprint density at radius 1 is 1.48 bits per heavy atom. The SMILES string of the molecule is CC(NC(=O)[C@@H]1CC[C@H](CN)O1)c1ccc2c(c1)CC(=O)N2.Cl. The van der Waals surface area contributed by atoms with Crippen LogP contribution in [0.15, 0.2) is 18.2 Å². The van der Waals surface area contributed by atoms with Gasteiger partial charge in [-0.1, -0.05) is 12.1 Å². The van der Waals surface area contributed by atoms with E-state index in [9.17, 15) is 9.59 Å². The molecule has 2 aliphatic heterocycles. The molecule has 0 radical (unpaired) electrons. The van der Waals surface area contributed by atoms with E-state index in [0.717, 1.165) is 23.2 Å². The number of nitrogens with one attached hydrogen (secondary N) is 2. The predicted molar refractivity (Wildman–Crippen MR) is 89.5 cm³/mol. The van der Waals surface area contributed by atoms with Crippen molar-refractivity contribution in [2.75, 3.05) is 11.9 Å². The van der Waals surface area contributed by atoms with Crippen molar-refractivity contribution in [1.82, 2.24) is 5.32 Å². The van der Waals surface area contributed by atoms with E-state index < -0.39 is 6.10 Å². The first kappa shape index (κ1) is 17.7. The summed E-state index contributed by atoms with van der Waals surface area (Å²) in [7, 11) is 0. The number of ether oxygens (including phenoxy) is 1. The number of nitrogens with two attached hydrogens (primary N) is 1. The summed E-state index contributed by atoms with van der Waals surface area (Å²) in [5.74, 6) is -0.0887. The van der Waals surface area contributed by atoms with Crippen LogP contribution in [-0.2, 0) is 20.7 Å². The second-order valence-electron chi connectivity index (χ2n) is 5.93. The van der Waals surface area contributed by atoms with Crippen molar-refractivity contribution in [3.05, 3.63) is 29.3 Å². The Kier molecular flexibility index (Phi) is 5.62. The molecule has 4 N–H and O–H groups in total. The highest BCUT2D eigenvalue weighted by Crippen LogP contribution is 2.27. The molecule has 0 aromatic heterocycles. The molecule has 1 fully saturated rings. The molecule has 7 heteroatoms. The van der Waals surface area contributed by atoms with Gasteiger partial charge in [-0.25, -0.2) is 0 Å². The van der Waals surface area contributed by atoms with Gasteiger partial charge in [-0.2, -0.15) is 0 Å². The van der Waals surface area contributed by atoms with Gasteiger partial charge < -0.3 is 21.1 Å². The largest absolute Gasteiger partial charge is 0.364 e. The van der Waals surface area contributed by atoms with Crippen LogP contribution < -0.4 is 16.4 Å². The number of fused-ring (bicyclic) bond motifs is 1. The number of amides is 2. The number of anilines is 1. The van der Waals surface area contributed by atoms with E-state index in [-0.39, 0.29) is 36.4 Å². The van der Waals surface area contributed by atoms with Crippen molar-refractivity contribution in [3.63, 3.8) is 0 Å². The van der Waals surface area contributed by atoms with E-state index in [1.807, 2.05) is 25.1 Å². The molecule has 3 atom stereocenters. The minimum Gasteiger partial charge on any atom is -0.364 e. The van der Waals surface area contributed by atoms with E-state index in [2.05, 4.69) is 10.6 Å². The summed E-state index contributed by atoms with van der Waals surface area (Å²) in [4.78, 5) is 23.6. The average molecular weight is 340 g/mol. The van der Waals surface area contributed by atoms with Crippen LogP contribution in [0.5, 0.6) is 0 Å². The summed E-state index contributed by atoms with van der Waals surface area (Å²) in [6.45, 7) is 2.38. The third kappa shape index (κ3) is 3.83. The van der Waals surface area contributed by atoms with Crippen molar-refractivity contribution in [2.24, 2.45) is 5.73 Å². The normalized spacial score (nSPS) is 23.7. The van der Waals surface area contributed by atoms with Gasteiger partial charge in [0.2, 0.25) is 11.8 Å². The first-order chi connectivity index (χ1) is 10.6. The number of rotatable bonds is 4. The maximum atomic E-state index is 12.2. The monoisotopic (exact) mass is 339 g/mol. The second-order valence-corrected chi connectivity index (χ2v) is 5.93. The van der Waals surface area contributed by atoms with Gasteiger partial charge >= 0.3 is 0 Å². The van der Waals surface area contributed by atoms with Gasteiger partial charge in [-0.3, -0.25) is 9.59 Å². The van der Waals surface area contributed by atoms with Crippen molar-refractivity contribution in [3.8, 4) is 0 Å². The molecule has 2 amide bonds. The highest BCUT2D eigenvalue weighted by molar-refractivity contribution is 5.99. The lowest BCUT2D eigenvalue weighted by Crippen LogP contribution is -2.37. The molecule has 0 saturated carbocycles. The quantitative estimate of drug-likeness (QED) is 0.770. The number of carbonyl (C=O) groups is 2. The Morgan fingerprint density at radius 3 is 2.96 bits per heavy atom. The van der Waals surface area contributed by atoms with Gasteiger partial charge in [-0.15, -0.1) is 12.4 Å². The fourth-order valence-corrected chi connectivity index (χ4v) is 2.98. The van der Waals surface area contributed by atoms with Crippen LogP contribution in [0.1, 0.15) is 36.9 Å². The summed E-state index contributed by atoms with van der Waals surface area (Å²) < 4.78 is 5.61. The van der Waals surface area contributed by atoms with Gasteiger partial charge in [0.1, 0.15) is 6.10 Å². The Bertz CT molecular complexity index is 608. The lowest BCUT2D eigenvalue weighted by atomic mass is 10.0. The number of carbonyl (C=O) groups excluding carboxylic acids is 2. The number of halogens is 1. The summed E-state index contributed by atoms with van der Waals surface area (Å²) in [5, 5.41) is 5.78. The maximum absolute atomic E-state index is 12.2. The van der Waals surface area contributed by atoms with Gasteiger partial charge in [-0.05, 0) is 37.0 Å². The first-order valence-corrected chi connectivity index (χ1v) is 7.65. The highest BCUT2D eigenvalue weighted by Gasteiger charge is 2.30. The molecule has 6 nitrogen and oxygen atoms in total. The van der Waals surface area contributed by atoms with E-state index in [1.165, 1.54) is 0 Å². The zero-order valence-corrected chi connectivity index (χ0v) is 13.8. The Morgan fingerprint density at radius 2 is 2.26 bits per heavy atom. The molecule has 3 rings (SSSR count). The third-order valence-corrected chi connectivity index (χ3v) is 4.28. The molecule has 0 aliphatic carbocycles. The van der Waals surface area contributed by atoms with Gasteiger partial charge in [0, 0.05) is 12.2 Å². The third-order valence-electron chi connectivity index (χ3n) is 4.28. The van der Waals surface area contributed by atoms with Crippen LogP contribution in [0.4, 0.5) is 5.69 Å². The van der Waals surface area contributed by atoms with E-state index >= 15 is 0 Å². The summed E-state index contributed by atoms with van der Waals surface area (Å²) in [5.41, 5.74) is 8.38. The van der Waals surface area contributed by atoms with Crippen molar-refractivity contribution in [1.29, 1.82) is 0 Å². The van der Waals surface area contributed by atoms with Crippen molar-refractivity contribution < 1.29 is 14.3 Å². The van der Waals surface area contributed by atoms with Crippen LogP contribution in [0.25, 0.3) is 0 Å². The van der Waals surface area contributed by atoms with Crippen LogP contribution >= 0.6 is 12.4 Å². The molecule has 23 heavy (non-hydrogen) atoms. The topological polar surface area (TPSA) is 93.5 Å². The van der Waals surface area contributed by atoms with Crippen LogP contribution in [-0.4, -0.2) is 30.6 Å². The molecule has 0 bridgehead atoms. The van der Waals surface area contributed by atoms with Crippen LogP contribution in [0.2, 0.25) is 0 Å². The van der Waals surface area contributed by atoms with E-state index in [1.54, 1.807) is 0 Å². The number of benzene rings is 1. The summed E-state index contributed by atoms with van der Waals surface area (Å²) in [6.07, 6.45) is 1.52. The molecule has 2 aliphatic rings. The van der Waals surface area contributed by atoms with Gasteiger partial charge in [0.25, 0.3) is 0 Å². The minimum atomic E-state index is -0.409. The van der Waals surface area contributed by atoms with Gasteiger partial charge in [0.05, 0.1) is 18.6 Å². The molecule has 126 valence electrons. The second kappa shape index (κ2) is 7.29. The zero-order chi connectivity index (χ0) is 15.7. The number of hydrogen-bond donors (Lipinski definition) is 3. The zero-order valence-electron chi connectivity index (χ0n) is 13.0. The molecule has 2 heterocycles. The van der Waals surface area contributed by atoms with Crippen LogP contribution in [0, 0.1) is 0 Å². The van der Waals surface area contributed by atoms with Gasteiger partial charge in [0.15, 0.2) is 0 Å². The fourth-order valence-electron chi connectivity index (χ4n) is 2.98. The molecule has 1 aromatic rings. The Hall–Kier alpha value is -1.63. The Labute approximate surface area is 141 Å².